The van der Waals surface area contributed by atoms with Crippen LogP contribution in [0.5, 0.6) is 0 Å². The van der Waals surface area contributed by atoms with Crippen molar-refractivity contribution in [3.8, 4) is 0 Å². The molecular formula is C8H13F2NO2. The first-order chi connectivity index (χ1) is 6.07. The Kier molecular flexibility index (Phi) is 2.05. The smallest absolute Gasteiger partial charge is 0.245 e. The normalized spacial score (nSPS) is 42.7. The number of piperidine rings is 1. The third-order valence-corrected chi connectivity index (χ3v) is 3.12. The third-order valence-electron chi connectivity index (χ3n) is 3.12. The molecule has 0 aromatic rings. The van der Waals surface area contributed by atoms with Gasteiger partial charge in [0, 0.05) is 12.1 Å². The number of alkyl halides is 2. The number of aliphatic hydroxyl groups excluding tert-OH is 2. The Morgan fingerprint density at radius 2 is 1.92 bits per heavy atom. The molecule has 0 aromatic heterocycles. The molecule has 3 nitrogen and oxygen atoms in total. The van der Waals surface area contributed by atoms with Crippen LogP contribution in [-0.2, 0) is 0 Å². The van der Waals surface area contributed by atoms with Crippen molar-refractivity contribution in [1.82, 2.24) is 5.32 Å². The molecule has 0 radical (unpaired) electrons. The first-order valence-electron chi connectivity index (χ1n) is 4.46. The van der Waals surface area contributed by atoms with E-state index in [0.29, 0.717) is 12.8 Å². The molecule has 2 aliphatic rings. The summed E-state index contributed by atoms with van der Waals surface area (Å²) in [6.45, 7) is 0.213. The van der Waals surface area contributed by atoms with E-state index in [2.05, 4.69) is 5.32 Å². The van der Waals surface area contributed by atoms with Gasteiger partial charge in [-0.3, -0.25) is 0 Å². The predicted octanol–water partition coefficient (Wildman–Crippen LogP) is -0.275. The van der Waals surface area contributed by atoms with Crippen molar-refractivity contribution in [2.75, 3.05) is 6.54 Å². The zero-order valence-corrected chi connectivity index (χ0v) is 7.08. The summed E-state index contributed by atoms with van der Waals surface area (Å²) in [5.74, 6) is -1.11. The molecule has 1 aliphatic heterocycles. The lowest BCUT2D eigenvalue weighted by Gasteiger charge is -2.39. The van der Waals surface area contributed by atoms with Crippen LogP contribution in [0.4, 0.5) is 8.78 Å². The van der Waals surface area contributed by atoms with Crippen molar-refractivity contribution < 1.29 is 19.0 Å². The number of halogens is 2. The highest BCUT2D eigenvalue weighted by atomic mass is 19.3. The SMILES string of the molecule is OC1CNC2(CC2)C(C(F)F)C1O. The minimum atomic E-state index is -2.57. The third kappa shape index (κ3) is 1.35. The van der Waals surface area contributed by atoms with Gasteiger partial charge in [0.25, 0.3) is 0 Å². The van der Waals surface area contributed by atoms with Gasteiger partial charge < -0.3 is 15.5 Å². The molecular weight excluding hydrogens is 180 g/mol. The second-order valence-electron chi connectivity index (χ2n) is 3.96. The topological polar surface area (TPSA) is 52.5 Å². The summed E-state index contributed by atoms with van der Waals surface area (Å²) in [7, 11) is 0. The van der Waals surface area contributed by atoms with Crippen LogP contribution in [0, 0.1) is 5.92 Å². The molecule has 1 spiro atoms. The number of hydrogen-bond acceptors (Lipinski definition) is 3. The number of aliphatic hydroxyl groups is 2. The molecule has 1 saturated carbocycles. The Labute approximate surface area is 74.8 Å². The summed E-state index contributed by atoms with van der Waals surface area (Å²) >= 11 is 0. The molecule has 3 atom stereocenters. The molecule has 0 aromatic carbocycles. The van der Waals surface area contributed by atoms with E-state index in [9.17, 15) is 19.0 Å². The highest BCUT2D eigenvalue weighted by Crippen LogP contribution is 2.48. The molecule has 0 bridgehead atoms. The Morgan fingerprint density at radius 3 is 2.38 bits per heavy atom. The van der Waals surface area contributed by atoms with Crippen LogP contribution in [0.3, 0.4) is 0 Å². The molecule has 76 valence electrons. The van der Waals surface area contributed by atoms with E-state index >= 15 is 0 Å². The van der Waals surface area contributed by atoms with Crippen LogP contribution in [0.1, 0.15) is 12.8 Å². The van der Waals surface area contributed by atoms with Crippen LogP contribution in [0.15, 0.2) is 0 Å². The number of hydrogen-bond donors (Lipinski definition) is 3. The van der Waals surface area contributed by atoms with Gasteiger partial charge >= 0.3 is 0 Å². The lowest BCUT2D eigenvalue weighted by atomic mass is 9.84. The number of rotatable bonds is 1. The van der Waals surface area contributed by atoms with Gasteiger partial charge in [0.05, 0.1) is 18.1 Å². The second kappa shape index (κ2) is 2.87. The van der Waals surface area contributed by atoms with E-state index in [0.717, 1.165) is 0 Å². The highest BCUT2D eigenvalue weighted by molar-refractivity contribution is 5.13. The lowest BCUT2D eigenvalue weighted by Crippen LogP contribution is -2.60. The number of β-amino-alcohol motifs (C(OH)–C–C–N with tert-alkyl or cyclic N) is 1. The fourth-order valence-electron chi connectivity index (χ4n) is 2.15. The summed E-state index contributed by atoms with van der Waals surface area (Å²) < 4.78 is 25.1. The first kappa shape index (κ1) is 9.30. The Morgan fingerprint density at radius 1 is 1.31 bits per heavy atom. The average Bonchev–Trinajstić information content (AvgIpc) is 2.79. The minimum Gasteiger partial charge on any atom is -0.390 e. The van der Waals surface area contributed by atoms with Crippen LogP contribution < -0.4 is 5.32 Å². The maximum absolute atomic E-state index is 12.6. The maximum atomic E-state index is 12.6. The fraction of sp³-hybridized carbons (Fsp3) is 1.00. The largest absolute Gasteiger partial charge is 0.390 e. The molecule has 0 amide bonds. The van der Waals surface area contributed by atoms with Gasteiger partial charge in [0.1, 0.15) is 0 Å². The van der Waals surface area contributed by atoms with Crippen LogP contribution in [0.25, 0.3) is 0 Å². The number of nitrogens with one attached hydrogen (secondary N) is 1. The van der Waals surface area contributed by atoms with E-state index in [1.165, 1.54) is 0 Å². The molecule has 3 N–H and O–H groups in total. The lowest BCUT2D eigenvalue weighted by molar-refractivity contribution is -0.108. The standard InChI is InChI=1S/C8H13F2NO2/c9-7(10)5-6(13)4(12)3-11-8(5)1-2-8/h4-7,11-13H,1-3H2. The van der Waals surface area contributed by atoms with Crippen molar-refractivity contribution in [3.63, 3.8) is 0 Å². The molecule has 1 saturated heterocycles. The first-order valence-corrected chi connectivity index (χ1v) is 4.46. The van der Waals surface area contributed by atoms with E-state index in [4.69, 9.17) is 0 Å². The molecule has 3 unspecified atom stereocenters. The summed E-state index contributed by atoms with van der Waals surface area (Å²) in [5, 5.41) is 21.5. The van der Waals surface area contributed by atoms with Crippen LogP contribution in [-0.4, -0.2) is 40.9 Å². The zero-order chi connectivity index (χ0) is 9.64. The van der Waals surface area contributed by atoms with Gasteiger partial charge in [-0.2, -0.15) is 0 Å². The zero-order valence-electron chi connectivity index (χ0n) is 7.08. The summed E-state index contributed by atoms with van der Waals surface area (Å²) in [5.41, 5.74) is -0.590. The van der Waals surface area contributed by atoms with E-state index < -0.39 is 30.1 Å². The van der Waals surface area contributed by atoms with E-state index in [-0.39, 0.29) is 6.54 Å². The van der Waals surface area contributed by atoms with Gasteiger partial charge in [-0.25, -0.2) is 8.78 Å². The molecule has 5 heteroatoms. The Bertz CT molecular complexity index is 208. The molecule has 2 rings (SSSR count). The monoisotopic (exact) mass is 193 g/mol. The maximum Gasteiger partial charge on any atom is 0.245 e. The van der Waals surface area contributed by atoms with Crippen molar-refractivity contribution in [1.29, 1.82) is 0 Å². The van der Waals surface area contributed by atoms with Gasteiger partial charge in [0.15, 0.2) is 0 Å². The van der Waals surface area contributed by atoms with Crippen molar-refractivity contribution >= 4 is 0 Å². The molecule has 13 heavy (non-hydrogen) atoms. The van der Waals surface area contributed by atoms with Gasteiger partial charge in [-0.05, 0) is 12.8 Å². The van der Waals surface area contributed by atoms with Crippen molar-refractivity contribution in [2.24, 2.45) is 5.92 Å². The average molecular weight is 193 g/mol. The van der Waals surface area contributed by atoms with Gasteiger partial charge in [-0.15, -0.1) is 0 Å². The van der Waals surface area contributed by atoms with Crippen LogP contribution in [0.2, 0.25) is 0 Å². The molecule has 1 heterocycles. The van der Waals surface area contributed by atoms with Crippen LogP contribution >= 0.6 is 0 Å². The molecule has 2 fully saturated rings. The minimum absolute atomic E-state index is 0.213. The predicted molar refractivity (Wildman–Crippen MR) is 41.5 cm³/mol. The van der Waals surface area contributed by atoms with Gasteiger partial charge in [0.2, 0.25) is 6.43 Å². The molecule has 1 aliphatic carbocycles. The summed E-state index contributed by atoms with van der Waals surface area (Å²) in [6, 6.07) is 0. The van der Waals surface area contributed by atoms with E-state index in [1.807, 2.05) is 0 Å². The quantitative estimate of drug-likeness (QED) is 0.537. The van der Waals surface area contributed by atoms with Crippen molar-refractivity contribution in [2.45, 2.75) is 37.0 Å². The highest BCUT2D eigenvalue weighted by Gasteiger charge is 2.59. The fourth-order valence-corrected chi connectivity index (χ4v) is 2.15. The van der Waals surface area contributed by atoms with Crippen molar-refractivity contribution in [3.05, 3.63) is 0 Å². The summed E-state index contributed by atoms with van der Waals surface area (Å²) in [4.78, 5) is 0. The second-order valence-corrected chi connectivity index (χ2v) is 3.96. The Balaban J connectivity index is 2.16. The van der Waals surface area contributed by atoms with E-state index in [1.54, 1.807) is 0 Å². The Hall–Kier alpha value is -0.260. The summed E-state index contributed by atoms with van der Waals surface area (Å²) in [6.07, 6.45) is -3.58. The van der Waals surface area contributed by atoms with Gasteiger partial charge in [-0.1, -0.05) is 0 Å².